The van der Waals surface area contributed by atoms with Gasteiger partial charge in [0.2, 0.25) is 5.91 Å². The molecular weight excluding hydrogens is 426 g/mol. The molecule has 1 N–H and O–H groups in total. The van der Waals surface area contributed by atoms with Gasteiger partial charge in [0.15, 0.2) is 5.58 Å². The van der Waals surface area contributed by atoms with Crippen LogP contribution in [0.1, 0.15) is 55.6 Å². The molecule has 1 saturated carbocycles. The topological polar surface area (TPSA) is 67.5 Å². The number of aromatic nitrogens is 1. The van der Waals surface area contributed by atoms with Crippen LogP contribution in [-0.4, -0.2) is 32.9 Å². The maximum absolute atomic E-state index is 13.7. The highest BCUT2D eigenvalue weighted by Crippen LogP contribution is 2.34. The van der Waals surface area contributed by atoms with Crippen molar-refractivity contribution in [3.63, 3.8) is 0 Å². The van der Waals surface area contributed by atoms with Crippen LogP contribution in [-0.2, 0) is 17.9 Å². The minimum Gasteiger partial charge on any atom is -0.463 e. The number of furan rings is 1. The number of halogens is 1. The van der Waals surface area contributed by atoms with E-state index < -0.39 is 5.54 Å². The van der Waals surface area contributed by atoms with E-state index in [4.69, 9.17) is 16.0 Å². The number of hydrogen-bond acceptors (Lipinski definition) is 3. The molecule has 1 unspecified atom stereocenters. The number of nitrogens with one attached hydrogen (secondary N) is 1. The first-order chi connectivity index (χ1) is 15.3. The van der Waals surface area contributed by atoms with Gasteiger partial charge in [-0.2, -0.15) is 0 Å². The number of benzene rings is 1. The summed E-state index contributed by atoms with van der Waals surface area (Å²) in [4.78, 5) is 29.1. The highest BCUT2D eigenvalue weighted by atomic mass is 35.5. The molecule has 0 radical (unpaired) electrons. The van der Waals surface area contributed by atoms with E-state index in [-0.39, 0.29) is 17.9 Å². The van der Waals surface area contributed by atoms with Crippen LogP contribution in [0.25, 0.3) is 11.1 Å². The molecular formula is C25H28ClN3O3. The zero-order chi connectivity index (χ0) is 22.5. The lowest BCUT2D eigenvalue weighted by atomic mass is 9.86. The minimum atomic E-state index is -1.04. The lowest BCUT2D eigenvalue weighted by molar-refractivity contribution is -0.134. The van der Waals surface area contributed by atoms with E-state index in [9.17, 15) is 9.59 Å². The number of carbonyl (C=O) groups is 2. The Morgan fingerprint density at radius 2 is 2.00 bits per heavy atom. The summed E-state index contributed by atoms with van der Waals surface area (Å²) in [6, 6.07) is 11.2. The Morgan fingerprint density at radius 3 is 2.75 bits per heavy atom. The molecule has 168 valence electrons. The maximum atomic E-state index is 13.7. The standard InChI is InChI=1S/C25H28ClN3O3/c1-16-6-8-19(9-7-16)27-24(31)25(2)15-28-20-10-11-32-22(20)13-21(28)23(30)29(25)14-17-4-3-5-18(26)12-17/h3-5,10-13,16,19H,6-9,14-15H2,1-2H3,(H,27,31). The van der Waals surface area contributed by atoms with Crippen molar-refractivity contribution in [2.45, 2.75) is 64.2 Å². The lowest BCUT2D eigenvalue weighted by Crippen LogP contribution is -2.64. The third kappa shape index (κ3) is 3.60. The van der Waals surface area contributed by atoms with Crippen LogP contribution in [0.5, 0.6) is 0 Å². The van der Waals surface area contributed by atoms with Gasteiger partial charge in [-0.25, -0.2) is 0 Å². The molecule has 6 nitrogen and oxygen atoms in total. The number of nitrogens with zero attached hydrogens (tertiary/aromatic N) is 2. The van der Waals surface area contributed by atoms with Crippen molar-refractivity contribution in [2.75, 3.05) is 0 Å². The number of fused-ring (bicyclic) bond motifs is 3. The summed E-state index contributed by atoms with van der Waals surface area (Å²) in [6.45, 7) is 4.80. The van der Waals surface area contributed by atoms with Crippen molar-refractivity contribution in [3.8, 4) is 0 Å². The molecule has 2 aromatic heterocycles. The van der Waals surface area contributed by atoms with E-state index in [1.54, 1.807) is 23.3 Å². The number of rotatable bonds is 4. The van der Waals surface area contributed by atoms with Gasteiger partial charge in [0.05, 0.1) is 18.3 Å². The van der Waals surface area contributed by atoms with Gasteiger partial charge >= 0.3 is 0 Å². The van der Waals surface area contributed by atoms with Crippen LogP contribution in [0.4, 0.5) is 0 Å². The highest BCUT2D eigenvalue weighted by Gasteiger charge is 2.48. The Hall–Kier alpha value is -2.73. The summed E-state index contributed by atoms with van der Waals surface area (Å²) in [5.74, 6) is 0.409. The summed E-state index contributed by atoms with van der Waals surface area (Å²) in [6.07, 6.45) is 5.80. The maximum Gasteiger partial charge on any atom is 0.271 e. The van der Waals surface area contributed by atoms with E-state index in [1.807, 2.05) is 35.8 Å². The Morgan fingerprint density at radius 1 is 1.22 bits per heavy atom. The van der Waals surface area contributed by atoms with E-state index in [0.29, 0.717) is 35.3 Å². The second-order valence-electron chi connectivity index (χ2n) is 9.51. The molecule has 7 heteroatoms. The number of amides is 2. The van der Waals surface area contributed by atoms with Crippen molar-refractivity contribution in [1.82, 2.24) is 14.8 Å². The normalized spacial score (nSPS) is 25.7. The Balaban J connectivity index is 1.51. The van der Waals surface area contributed by atoms with Gasteiger partial charge in [0, 0.05) is 29.7 Å². The summed E-state index contributed by atoms with van der Waals surface area (Å²) in [5, 5.41) is 3.87. The summed E-state index contributed by atoms with van der Waals surface area (Å²) >= 11 is 6.19. The zero-order valence-electron chi connectivity index (χ0n) is 18.4. The van der Waals surface area contributed by atoms with Crippen LogP contribution < -0.4 is 5.32 Å². The van der Waals surface area contributed by atoms with E-state index in [1.165, 1.54) is 0 Å². The molecule has 2 aliphatic rings. The van der Waals surface area contributed by atoms with Gasteiger partial charge in [0.1, 0.15) is 11.2 Å². The van der Waals surface area contributed by atoms with Crippen LogP contribution in [0.3, 0.4) is 0 Å². The molecule has 1 aliphatic heterocycles. The molecule has 0 bridgehead atoms. The minimum absolute atomic E-state index is 0.108. The third-order valence-electron chi connectivity index (χ3n) is 7.12. The fourth-order valence-electron chi connectivity index (χ4n) is 5.08. The molecule has 0 spiro atoms. The third-order valence-corrected chi connectivity index (χ3v) is 7.35. The van der Waals surface area contributed by atoms with E-state index in [0.717, 1.165) is 36.8 Å². The average Bonchev–Trinajstić information content (AvgIpc) is 3.35. The monoisotopic (exact) mass is 453 g/mol. The van der Waals surface area contributed by atoms with Crippen LogP contribution >= 0.6 is 11.6 Å². The predicted octanol–water partition coefficient (Wildman–Crippen LogP) is 5.00. The zero-order valence-corrected chi connectivity index (χ0v) is 19.2. The van der Waals surface area contributed by atoms with Crippen LogP contribution in [0.15, 0.2) is 47.1 Å². The van der Waals surface area contributed by atoms with E-state index >= 15 is 0 Å². The van der Waals surface area contributed by atoms with Gasteiger partial charge < -0.3 is 19.2 Å². The van der Waals surface area contributed by atoms with Crippen molar-refractivity contribution in [2.24, 2.45) is 5.92 Å². The summed E-state index contributed by atoms with van der Waals surface area (Å²) in [5.41, 5.74) is 1.88. The van der Waals surface area contributed by atoms with Crippen molar-refractivity contribution in [3.05, 3.63) is 58.9 Å². The first-order valence-corrected chi connectivity index (χ1v) is 11.7. The fourth-order valence-corrected chi connectivity index (χ4v) is 5.30. The van der Waals surface area contributed by atoms with Gasteiger partial charge in [0.25, 0.3) is 5.91 Å². The molecule has 3 aromatic rings. The molecule has 1 aliphatic carbocycles. The quantitative estimate of drug-likeness (QED) is 0.604. The first kappa shape index (κ1) is 21.1. The molecule has 1 aromatic carbocycles. The van der Waals surface area contributed by atoms with Crippen LogP contribution in [0, 0.1) is 5.92 Å². The lowest BCUT2D eigenvalue weighted by Gasteiger charge is -2.45. The fraction of sp³-hybridized carbons (Fsp3) is 0.440. The number of hydrogen-bond donors (Lipinski definition) is 1. The molecule has 3 heterocycles. The Kier molecular flexibility index (Phi) is 5.28. The Labute approximate surface area is 192 Å². The molecule has 1 atom stereocenters. The SMILES string of the molecule is CC1CCC(NC(=O)C2(C)Cn3c(cc4occc43)C(=O)N2Cc2cccc(Cl)c2)CC1. The predicted molar refractivity (Wildman–Crippen MR) is 123 cm³/mol. The average molecular weight is 454 g/mol. The molecule has 32 heavy (non-hydrogen) atoms. The highest BCUT2D eigenvalue weighted by molar-refractivity contribution is 6.30. The second kappa shape index (κ2) is 8.00. The van der Waals surface area contributed by atoms with Gasteiger partial charge in [-0.15, -0.1) is 0 Å². The largest absolute Gasteiger partial charge is 0.463 e. The molecule has 2 amide bonds. The van der Waals surface area contributed by atoms with Gasteiger partial charge in [-0.3, -0.25) is 9.59 Å². The van der Waals surface area contributed by atoms with E-state index in [2.05, 4.69) is 12.2 Å². The Bertz CT molecular complexity index is 1170. The first-order valence-electron chi connectivity index (χ1n) is 11.3. The molecule has 5 rings (SSSR count). The van der Waals surface area contributed by atoms with Gasteiger partial charge in [-0.1, -0.05) is 30.7 Å². The number of carbonyl (C=O) groups excluding carboxylic acids is 2. The molecule has 0 saturated heterocycles. The van der Waals surface area contributed by atoms with Crippen molar-refractivity contribution in [1.29, 1.82) is 0 Å². The molecule has 1 fully saturated rings. The van der Waals surface area contributed by atoms with Crippen molar-refractivity contribution < 1.29 is 14.0 Å². The summed E-state index contributed by atoms with van der Waals surface area (Å²) < 4.78 is 7.45. The van der Waals surface area contributed by atoms with Crippen LogP contribution in [0.2, 0.25) is 5.02 Å². The second-order valence-corrected chi connectivity index (χ2v) is 9.95. The smallest absolute Gasteiger partial charge is 0.271 e. The van der Waals surface area contributed by atoms with Crippen molar-refractivity contribution >= 4 is 34.5 Å². The van der Waals surface area contributed by atoms with Gasteiger partial charge in [-0.05, 0) is 56.2 Å². The summed E-state index contributed by atoms with van der Waals surface area (Å²) in [7, 11) is 0.